The van der Waals surface area contributed by atoms with E-state index in [2.05, 4.69) is 256 Å². The highest BCUT2D eigenvalue weighted by Crippen LogP contribution is 2.42. The maximum Gasteiger partial charge on any atom is 0.238 e. The fourth-order valence-corrected chi connectivity index (χ4v) is 10.7. The molecule has 10 aromatic carbocycles. The molecule has 14 rings (SSSR count). The largest absolute Gasteiger partial charge is 0.309 e. The van der Waals surface area contributed by atoms with Gasteiger partial charge in [-0.1, -0.05) is 182 Å². The summed E-state index contributed by atoms with van der Waals surface area (Å²) in [5.74, 6) is 1.69. The minimum Gasteiger partial charge on any atom is -0.309 e. The zero-order chi connectivity index (χ0) is 45.4. The van der Waals surface area contributed by atoms with Crippen LogP contribution in [0.15, 0.2) is 243 Å². The highest BCUT2D eigenvalue weighted by atomic mass is 15.2. The standard InChI is InChI=1S/C63H40N6/c1-4-19-41(20-5-1)43-35-37-50-49-27-12-16-32-55(49)69(58(50)39-43)63-65-61(64-62(66-63)52-28-13-17-33-56(52)68-53-30-14-10-25-47(53)48-26-11-15-31-54(48)68)44-36-38-51-59(40-44)67(45-23-8-3-9-24-45)57-34-18-29-46(60(51)57)42-21-6-2-7-22-42/h1-40H. The molecular formula is C63H40N6. The van der Waals surface area contributed by atoms with Gasteiger partial charge in [-0.25, -0.2) is 4.98 Å². The van der Waals surface area contributed by atoms with E-state index in [0.717, 1.165) is 82.9 Å². The van der Waals surface area contributed by atoms with E-state index in [1.54, 1.807) is 0 Å². The summed E-state index contributed by atoms with van der Waals surface area (Å²) in [7, 11) is 0. The zero-order valence-electron chi connectivity index (χ0n) is 37.3. The van der Waals surface area contributed by atoms with Crippen molar-refractivity contribution < 1.29 is 0 Å². The molecule has 0 aliphatic rings. The van der Waals surface area contributed by atoms with Crippen LogP contribution in [0.3, 0.4) is 0 Å². The second kappa shape index (κ2) is 15.6. The summed E-state index contributed by atoms with van der Waals surface area (Å²) >= 11 is 0. The zero-order valence-corrected chi connectivity index (χ0v) is 37.3. The van der Waals surface area contributed by atoms with Crippen molar-refractivity contribution in [2.45, 2.75) is 0 Å². The number of hydrogen-bond donors (Lipinski definition) is 0. The number of fused-ring (bicyclic) bond motifs is 9. The molecule has 69 heavy (non-hydrogen) atoms. The smallest absolute Gasteiger partial charge is 0.238 e. The lowest BCUT2D eigenvalue weighted by atomic mass is 9.99. The summed E-state index contributed by atoms with van der Waals surface area (Å²) in [4.78, 5) is 16.6. The average molecular weight is 881 g/mol. The molecule has 0 fully saturated rings. The van der Waals surface area contributed by atoms with Gasteiger partial charge in [0.1, 0.15) is 0 Å². The van der Waals surface area contributed by atoms with Crippen LogP contribution in [0.25, 0.3) is 128 Å². The Morgan fingerprint density at radius 3 is 1.46 bits per heavy atom. The van der Waals surface area contributed by atoms with Gasteiger partial charge in [-0.05, 0) is 82.9 Å². The van der Waals surface area contributed by atoms with Crippen LogP contribution in [0.5, 0.6) is 0 Å². The van der Waals surface area contributed by atoms with Crippen molar-refractivity contribution in [3.05, 3.63) is 243 Å². The van der Waals surface area contributed by atoms with Gasteiger partial charge in [0, 0.05) is 49.1 Å². The minimum absolute atomic E-state index is 0.540. The molecule has 0 atom stereocenters. The fourth-order valence-electron chi connectivity index (χ4n) is 10.7. The molecule has 0 N–H and O–H groups in total. The van der Waals surface area contributed by atoms with Crippen LogP contribution >= 0.6 is 0 Å². The van der Waals surface area contributed by atoms with Gasteiger partial charge in [0.05, 0.1) is 38.8 Å². The van der Waals surface area contributed by atoms with Crippen molar-refractivity contribution in [3.63, 3.8) is 0 Å². The molecule has 6 nitrogen and oxygen atoms in total. The molecule has 0 saturated carbocycles. The number of nitrogens with zero attached hydrogens (tertiary/aromatic N) is 6. The lowest BCUT2D eigenvalue weighted by Gasteiger charge is -2.15. The number of hydrogen-bond acceptors (Lipinski definition) is 3. The SMILES string of the molecule is c1ccc(-c2ccc3c4ccccc4n(-c4nc(-c5ccc6c7c(-c8ccccc8)cccc7n(-c7ccccc7)c6c5)nc(-c5ccccc5-n5c6ccccc6c6ccccc65)n4)c3c2)cc1. The van der Waals surface area contributed by atoms with Crippen molar-refractivity contribution in [3.8, 4) is 62.4 Å². The molecule has 0 aliphatic heterocycles. The second-order valence-corrected chi connectivity index (χ2v) is 17.6. The topological polar surface area (TPSA) is 53.5 Å². The Balaban J connectivity index is 1.07. The third-order valence-corrected chi connectivity index (χ3v) is 13.7. The molecule has 4 aromatic heterocycles. The summed E-state index contributed by atoms with van der Waals surface area (Å²) in [5.41, 5.74) is 14.9. The van der Waals surface area contributed by atoms with Crippen molar-refractivity contribution in [1.82, 2.24) is 28.7 Å². The Morgan fingerprint density at radius 1 is 0.261 bits per heavy atom. The van der Waals surface area contributed by atoms with Crippen LogP contribution in [0.1, 0.15) is 0 Å². The van der Waals surface area contributed by atoms with Crippen molar-refractivity contribution in [1.29, 1.82) is 0 Å². The van der Waals surface area contributed by atoms with E-state index in [1.165, 1.54) is 27.3 Å². The molecular weight excluding hydrogens is 841 g/mol. The molecule has 14 aromatic rings. The molecule has 0 radical (unpaired) electrons. The van der Waals surface area contributed by atoms with Gasteiger partial charge >= 0.3 is 0 Å². The molecule has 0 amide bonds. The summed E-state index contributed by atoms with van der Waals surface area (Å²) < 4.78 is 6.95. The van der Waals surface area contributed by atoms with E-state index >= 15 is 0 Å². The summed E-state index contributed by atoms with van der Waals surface area (Å²) in [6, 6.07) is 86.2. The van der Waals surface area contributed by atoms with Gasteiger partial charge in [-0.2, -0.15) is 9.97 Å². The Bertz CT molecular complexity index is 4240. The Labute approximate surface area is 397 Å². The minimum atomic E-state index is 0.540. The van der Waals surface area contributed by atoms with Crippen LogP contribution in [-0.2, 0) is 0 Å². The first-order chi connectivity index (χ1) is 34.2. The van der Waals surface area contributed by atoms with E-state index in [-0.39, 0.29) is 0 Å². The normalized spacial score (nSPS) is 11.8. The fraction of sp³-hybridized carbons (Fsp3) is 0. The highest BCUT2D eigenvalue weighted by Gasteiger charge is 2.23. The quantitative estimate of drug-likeness (QED) is 0.160. The first-order valence-corrected chi connectivity index (χ1v) is 23.4. The predicted molar refractivity (Wildman–Crippen MR) is 285 cm³/mol. The van der Waals surface area contributed by atoms with Gasteiger partial charge in [-0.3, -0.25) is 4.57 Å². The Morgan fingerprint density at radius 2 is 0.754 bits per heavy atom. The van der Waals surface area contributed by atoms with Crippen LogP contribution in [-0.4, -0.2) is 28.7 Å². The molecule has 0 unspecified atom stereocenters. The van der Waals surface area contributed by atoms with Crippen LogP contribution in [0.2, 0.25) is 0 Å². The highest BCUT2D eigenvalue weighted by molar-refractivity contribution is 6.16. The van der Waals surface area contributed by atoms with Gasteiger partial charge in [0.25, 0.3) is 0 Å². The van der Waals surface area contributed by atoms with E-state index in [0.29, 0.717) is 17.6 Å². The maximum atomic E-state index is 5.53. The van der Waals surface area contributed by atoms with Crippen LogP contribution in [0.4, 0.5) is 0 Å². The summed E-state index contributed by atoms with van der Waals surface area (Å²) in [6.45, 7) is 0. The maximum absolute atomic E-state index is 5.53. The lowest BCUT2D eigenvalue weighted by molar-refractivity contribution is 0.952. The Kier molecular flexibility index (Phi) is 8.79. The first kappa shape index (κ1) is 38.8. The number of para-hydroxylation sites is 5. The molecule has 0 saturated heterocycles. The van der Waals surface area contributed by atoms with Gasteiger partial charge < -0.3 is 9.13 Å². The van der Waals surface area contributed by atoms with Crippen molar-refractivity contribution in [2.75, 3.05) is 0 Å². The lowest BCUT2D eigenvalue weighted by Crippen LogP contribution is -2.08. The van der Waals surface area contributed by atoms with Crippen molar-refractivity contribution in [2.24, 2.45) is 0 Å². The van der Waals surface area contributed by atoms with Crippen LogP contribution < -0.4 is 0 Å². The molecule has 322 valence electrons. The molecule has 4 heterocycles. The first-order valence-electron chi connectivity index (χ1n) is 23.4. The van der Waals surface area contributed by atoms with Gasteiger partial charge in [0.15, 0.2) is 11.6 Å². The molecule has 0 spiro atoms. The number of rotatable bonds is 7. The van der Waals surface area contributed by atoms with E-state index < -0.39 is 0 Å². The van der Waals surface area contributed by atoms with E-state index in [4.69, 9.17) is 15.0 Å². The van der Waals surface area contributed by atoms with Crippen LogP contribution in [0, 0.1) is 0 Å². The monoisotopic (exact) mass is 880 g/mol. The molecule has 0 bridgehead atoms. The summed E-state index contributed by atoms with van der Waals surface area (Å²) in [6.07, 6.45) is 0. The third kappa shape index (κ3) is 6.16. The number of benzene rings is 10. The molecule has 0 aliphatic carbocycles. The molecule has 6 heteroatoms. The van der Waals surface area contributed by atoms with E-state index in [1.807, 2.05) is 0 Å². The van der Waals surface area contributed by atoms with Crippen molar-refractivity contribution >= 4 is 65.4 Å². The van der Waals surface area contributed by atoms with E-state index in [9.17, 15) is 0 Å². The Hall–Kier alpha value is -9.39. The van der Waals surface area contributed by atoms with Gasteiger partial charge in [0.2, 0.25) is 5.95 Å². The predicted octanol–water partition coefficient (Wildman–Crippen LogP) is 15.8. The average Bonchev–Trinajstić information content (AvgIpc) is 4.07. The third-order valence-electron chi connectivity index (χ3n) is 13.7. The summed E-state index contributed by atoms with van der Waals surface area (Å²) in [5, 5.41) is 6.99. The number of aromatic nitrogens is 6. The van der Waals surface area contributed by atoms with Gasteiger partial charge in [-0.15, -0.1) is 0 Å². The second-order valence-electron chi connectivity index (χ2n) is 17.6.